The van der Waals surface area contributed by atoms with Crippen LogP contribution in [0.2, 0.25) is 0 Å². The summed E-state index contributed by atoms with van der Waals surface area (Å²) in [6.07, 6.45) is 2.85. The van der Waals surface area contributed by atoms with Gasteiger partial charge in [0.2, 0.25) is 10.0 Å². The lowest BCUT2D eigenvalue weighted by Crippen LogP contribution is -2.49. The van der Waals surface area contributed by atoms with Gasteiger partial charge in [-0.1, -0.05) is 0 Å². The van der Waals surface area contributed by atoms with E-state index in [-0.39, 0.29) is 16.4 Å². The molecule has 102 valence electrons. The zero-order chi connectivity index (χ0) is 13.2. The third-order valence-corrected chi connectivity index (χ3v) is 6.30. The van der Waals surface area contributed by atoms with Crippen molar-refractivity contribution >= 4 is 21.4 Å². The molecule has 5 nitrogen and oxygen atoms in total. The van der Waals surface area contributed by atoms with Gasteiger partial charge in [0.05, 0.1) is 12.2 Å². The van der Waals surface area contributed by atoms with Gasteiger partial charge in [0.15, 0.2) is 0 Å². The second kappa shape index (κ2) is 5.26. The highest BCUT2D eigenvalue weighted by molar-refractivity contribution is 7.91. The molecule has 0 bridgehead atoms. The van der Waals surface area contributed by atoms with Crippen molar-refractivity contribution < 1.29 is 18.3 Å². The highest BCUT2D eigenvalue weighted by Gasteiger charge is 2.38. The number of methoxy groups -OCH3 is 1. The molecular weight excluding hydrogens is 274 g/mol. The van der Waals surface area contributed by atoms with E-state index in [9.17, 15) is 8.42 Å². The van der Waals surface area contributed by atoms with Crippen molar-refractivity contribution in [3.8, 4) is 0 Å². The first-order valence-corrected chi connectivity index (χ1v) is 8.06. The number of nitrogens with one attached hydrogen (secondary N) is 1. The Morgan fingerprint density at radius 2 is 2.22 bits per heavy atom. The molecule has 1 heterocycles. The first-order chi connectivity index (χ1) is 8.51. The maximum Gasteiger partial charge on any atom is 0.250 e. The molecule has 1 saturated carbocycles. The quantitative estimate of drug-likeness (QED) is 0.822. The molecular formula is C11H17NO4S2. The summed E-state index contributed by atoms with van der Waals surface area (Å²) in [4.78, 5) is 0.639. The van der Waals surface area contributed by atoms with E-state index in [1.165, 1.54) is 6.07 Å². The summed E-state index contributed by atoms with van der Waals surface area (Å²) >= 11 is 1.08. The molecule has 18 heavy (non-hydrogen) atoms. The summed E-state index contributed by atoms with van der Waals surface area (Å²) in [5.41, 5.74) is -0.329. The van der Waals surface area contributed by atoms with E-state index in [2.05, 4.69) is 4.72 Å². The molecule has 0 unspecified atom stereocenters. The Labute approximate surface area is 111 Å². The number of ether oxygens (including phenoxy) is 1. The van der Waals surface area contributed by atoms with Crippen molar-refractivity contribution in [1.29, 1.82) is 0 Å². The van der Waals surface area contributed by atoms with Crippen LogP contribution >= 0.6 is 11.3 Å². The number of rotatable bonds is 6. The van der Waals surface area contributed by atoms with Gasteiger partial charge in [0.25, 0.3) is 0 Å². The smallest absolute Gasteiger partial charge is 0.250 e. The molecule has 1 fully saturated rings. The Morgan fingerprint density at radius 1 is 1.50 bits per heavy atom. The van der Waals surface area contributed by atoms with Gasteiger partial charge in [-0.25, -0.2) is 13.1 Å². The van der Waals surface area contributed by atoms with E-state index in [1.54, 1.807) is 13.2 Å². The van der Waals surface area contributed by atoms with E-state index in [4.69, 9.17) is 9.84 Å². The molecule has 0 aromatic carbocycles. The van der Waals surface area contributed by atoms with Crippen LogP contribution in [0.25, 0.3) is 0 Å². The van der Waals surface area contributed by atoms with Crippen LogP contribution in [-0.4, -0.2) is 32.8 Å². The molecule has 0 radical (unpaired) electrons. The lowest BCUT2D eigenvalue weighted by molar-refractivity contribution is -0.0659. The van der Waals surface area contributed by atoms with Crippen molar-refractivity contribution in [2.45, 2.75) is 35.7 Å². The number of sulfonamides is 1. The predicted octanol–water partition coefficient (Wildman–Crippen LogP) is 1.09. The minimum atomic E-state index is -3.49. The fraction of sp³-hybridized carbons (Fsp3) is 0.636. The number of hydrogen-bond donors (Lipinski definition) is 2. The second-order valence-corrected chi connectivity index (χ2v) is 7.61. The maximum atomic E-state index is 12.0. The van der Waals surface area contributed by atoms with Crippen molar-refractivity contribution in [1.82, 2.24) is 4.72 Å². The Balaban J connectivity index is 2.03. The van der Waals surface area contributed by atoms with Crippen LogP contribution in [0.5, 0.6) is 0 Å². The molecule has 1 aliphatic carbocycles. The van der Waals surface area contributed by atoms with E-state index >= 15 is 0 Å². The van der Waals surface area contributed by atoms with Gasteiger partial charge >= 0.3 is 0 Å². The van der Waals surface area contributed by atoms with Crippen molar-refractivity contribution in [2.24, 2.45) is 0 Å². The number of aliphatic hydroxyl groups is 1. The molecule has 0 amide bonds. The molecule has 0 aliphatic heterocycles. The number of thiophene rings is 1. The second-order valence-electron chi connectivity index (χ2n) is 4.44. The van der Waals surface area contributed by atoms with Gasteiger partial charge < -0.3 is 9.84 Å². The highest BCUT2D eigenvalue weighted by atomic mass is 32.2. The fourth-order valence-corrected chi connectivity index (χ4v) is 4.28. The van der Waals surface area contributed by atoms with Crippen LogP contribution in [0.15, 0.2) is 16.3 Å². The normalized spacial score (nSPS) is 18.6. The van der Waals surface area contributed by atoms with E-state index in [0.29, 0.717) is 11.4 Å². The maximum absolute atomic E-state index is 12.0. The lowest BCUT2D eigenvalue weighted by atomic mass is 9.80. The summed E-state index contributed by atoms with van der Waals surface area (Å²) < 4.78 is 32.2. The number of hydrogen-bond acceptors (Lipinski definition) is 5. The number of aliphatic hydroxyl groups excluding tert-OH is 1. The third-order valence-electron chi connectivity index (χ3n) is 3.34. The summed E-state index contributed by atoms with van der Waals surface area (Å²) in [5, 5.41) is 8.94. The Morgan fingerprint density at radius 3 is 2.67 bits per heavy atom. The summed E-state index contributed by atoms with van der Waals surface area (Å²) in [6, 6.07) is 3.13. The molecule has 2 rings (SSSR count). The molecule has 7 heteroatoms. The molecule has 1 aliphatic rings. The molecule has 1 aromatic rings. The minimum absolute atomic E-state index is 0.137. The SMILES string of the molecule is COC1(CNS(=O)(=O)c2ccc(CO)s2)CCC1. The average molecular weight is 291 g/mol. The van der Waals surface area contributed by atoms with Crippen LogP contribution in [0.1, 0.15) is 24.1 Å². The van der Waals surface area contributed by atoms with Crippen LogP contribution in [-0.2, 0) is 21.4 Å². The average Bonchev–Trinajstić information content (AvgIpc) is 2.77. The molecule has 0 saturated heterocycles. The van der Waals surface area contributed by atoms with Gasteiger partial charge in [-0.05, 0) is 31.4 Å². The topological polar surface area (TPSA) is 75.6 Å². The van der Waals surface area contributed by atoms with E-state index < -0.39 is 10.0 Å². The van der Waals surface area contributed by atoms with Crippen LogP contribution < -0.4 is 4.72 Å². The molecule has 2 N–H and O–H groups in total. The monoisotopic (exact) mass is 291 g/mol. The first-order valence-electron chi connectivity index (χ1n) is 5.76. The van der Waals surface area contributed by atoms with Gasteiger partial charge in [-0.2, -0.15) is 0 Å². The van der Waals surface area contributed by atoms with Gasteiger partial charge in [-0.3, -0.25) is 0 Å². The predicted molar refractivity (Wildman–Crippen MR) is 69.0 cm³/mol. The molecule has 1 aromatic heterocycles. The van der Waals surface area contributed by atoms with Gasteiger partial charge in [0, 0.05) is 18.5 Å². The first kappa shape index (κ1) is 14.0. The summed E-state index contributed by atoms with van der Waals surface area (Å²) in [7, 11) is -1.88. The zero-order valence-electron chi connectivity index (χ0n) is 10.2. The molecule has 0 atom stereocenters. The van der Waals surface area contributed by atoms with Crippen LogP contribution in [0.3, 0.4) is 0 Å². The Kier molecular flexibility index (Phi) is 4.08. The van der Waals surface area contributed by atoms with Gasteiger partial charge in [0.1, 0.15) is 4.21 Å². The summed E-state index contributed by atoms with van der Waals surface area (Å²) in [5.74, 6) is 0. The zero-order valence-corrected chi connectivity index (χ0v) is 11.8. The van der Waals surface area contributed by atoms with E-state index in [1.807, 2.05) is 0 Å². The van der Waals surface area contributed by atoms with Gasteiger partial charge in [-0.15, -0.1) is 11.3 Å². The lowest BCUT2D eigenvalue weighted by Gasteiger charge is -2.40. The van der Waals surface area contributed by atoms with Crippen LogP contribution in [0.4, 0.5) is 0 Å². The third kappa shape index (κ3) is 2.75. The van der Waals surface area contributed by atoms with E-state index in [0.717, 1.165) is 30.6 Å². The summed E-state index contributed by atoms with van der Waals surface area (Å²) in [6.45, 7) is 0.167. The van der Waals surface area contributed by atoms with Crippen LogP contribution in [0, 0.1) is 0 Å². The van der Waals surface area contributed by atoms with Crippen molar-refractivity contribution in [2.75, 3.05) is 13.7 Å². The highest BCUT2D eigenvalue weighted by Crippen LogP contribution is 2.34. The minimum Gasteiger partial charge on any atom is -0.391 e. The Bertz CT molecular complexity index is 499. The standard InChI is InChI=1S/C11H17NO4S2/c1-16-11(5-2-6-11)8-12-18(14,15)10-4-3-9(7-13)17-10/h3-4,12-13H,2,5-8H2,1H3. The fourth-order valence-electron chi connectivity index (χ4n) is 1.91. The van der Waals surface area contributed by atoms with Crippen molar-refractivity contribution in [3.63, 3.8) is 0 Å². The van der Waals surface area contributed by atoms with Crippen molar-refractivity contribution in [3.05, 3.63) is 17.0 Å². The molecule has 0 spiro atoms. The Hall–Kier alpha value is -0.470. The largest absolute Gasteiger partial charge is 0.391 e.